The van der Waals surface area contributed by atoms with E-state index in [1.807, 2.05) is 0 Å². The van der Waals surface area contributed by atoms with E-state index in [2.05, 4.69) is 6.92 Å². The molecule has 0 spiro atoms. The third kappa shape index (κ3) is 2.00. The molecule has 0 N–H and O–H groups in total. The van der Waals surface area contributed by atoms with E-state index < -0.39 is 5.67 Å². The van der Waals surface area contributed by atoms with Crippen LogP contribution in [-0.2, 0) is 9.47 Å². The Labute approximate surface area is 96.5 Å². The molecule has 2 nitrogen and oxygen atoms in total. The summed E-state index contributed by atoms with van der Waals surface area (Å²) in [5.41, 5.74) is -1.15. The third-order valence-corrected chi connectivity index (χ3v) is 4.53. The lowest BCUT2D eigenvalue weighted by atomic mass is 9.76. The summed E-state index contributed by atoms with van der Waals surface area (Å²) in [6, 6.07) is 0. The normalized spacial score (nSPS) is 38.6. The van der Waals surface area contributed by atoms with Gasteiger partial charge in [0, 0.05) is 0 Å². The van der Waals surface area contributed by atoms with Gasteiger partial charge in [-0.2, -0.15) is 0 Å². The van der Waals surface area contributed by atoms with E-state index in [1.54, 1.807) is 0 Å². The molecule has 1 aliphatic heterocycles. The van der Waals surface area contributed by atoms with E-state index in [0.29, 0.717) is 0 Å². The van der Waals surface area contributed by atoms with Crippen molar-refractivity contribution in [3.8, 4) is 0 Å². The van der Waals surface area contributed by atoms with Gasteiger partial charge in [-0.25, -0.2) is 4.39 Å². The average Bonchev–Trinajstić information content (AvgIpc) is 2.83. The predicted molar refractivity (Wildman–Crippen MR) is 59.1 cm³/mol. The van der Waals surface area contributed by atoms with Crippen molar-refractivity contribution in [2.45, 2.75) is 50.3 Å². The minimum atomic E-state index is -1.18. The molecule has 3 rings (SSSR count). The maximum absolute atomic E-state index is 13.8. The van der Waals surface area contributed by atoms with Crippen molar-refractivity contribution < 1.29 is 13.9 Å². The highest BCUT2D eigenvalue weighted by molar-refractivity contribution is 4.98. The molecular formula is C13H21FO2. The minimum absolute atomic E-state index is 0.0319. The maximum Gasteiger partial charge on any atom is 0.180 e. The van der Waals surface area contributed by atoms with Crippen LogP contribution in [0.4, 0.5) is 4.39 Å². The van der Waals surface area contributed by atoms with Crippen molar-refractivity contribution in [3.05, 3.63) is 0 Å². The Morgan fingerprint density at radius 3 is 2.44 bits per heavy atom. The topological polar surface area (TPSA) is 18.5 Å². The summed E-state index contributed by atoms with van der Waals surface area (Å²) < 4.78 is 24.6. The van der Waals surface area contributed by atoms with E-state index in [-0.39, 0.29) is 25.4 Å². The molecule has 2 aliphatic carbocycles. The van der Waals surface area contributed by atoms with Crippen molar-refractivity contribution in [1.29, 1.82) is 0 Å². The first kappa shape index (κ1) is 11.0. The fraction of sp³-hybridized carbons (Fsp3) is 1.00. The summed E-state index contributed by atoms with van der Waals surface area (Å²) in [5.74, 6) is 1.71. The molecule has 0 bridgehead atoms. The number of hydrogen-bond donors (Lipinski definition) is 0. The largest absolute Gasteiger partial charge is 0.374 e. The van der Waals surface area contributed by atoms with Gasteiger partial charge in [0.15, 0.2) is 5.67 Å². The summed E-state index contributed by atoms with van der Waals surface area (Å²) in [7, 11) is 0. The molecule has 1 heterocycles. The number of ether oxygens (including phenoxy) is 2. The van der Waals surface area contributed by atoms with Crippen molar-refractivity contribution in [2.75, 3.05) is 19.8 Å². The molecule has 2 saturated carbocycles. The van der Waals surface area contributed by atoms with Crippen LogP contribution in [0.25, 0.3) is 0 Å². The Balaban J connectivity index is 1.50. The standard InChI is InChI=1S/C13H21FO2/c1-10-5-11(10)6-13(3-2-4-13)16-9-12(14)7-15-8-12/h10-11H,2-9H2,1H3/t10-,11?/m0/s1. The first-order chi connectivity index (χ1) is 7.61. The Hall–Kier alpha value is -0.150. The van der Waals surface area contributed by atoms with Gasteiger partial charge in [-0.05, 0) is 43.9 Å². The lowest BCUT2D eigenvalue weighted by molar-refractivity contribution is -0.204. The zero-order valence-corrected chi connectivity index (χ0v) is 10.0. The highest BCUT2D eigenvalue weighted by Crippen LogP contribution is 2.50. The molecule has 0 aromatic rings. The van der Waals surface area contributed by atoms with Gasteiger partial charge in [-0.1, -0.05) is 6.92 Å². The number of alkyl halides is 1. The molecule has 3 aliphatic rings. The lowest BCUT2D eigenvalue weighted by Crippen LogP contribution is -2.53. The van der Waals surface area contributed by atoms with Crippen LogP contribution in [0.3, 0.4) is 0 Å². The maximum atomic E-state index is 13.8. The van der Waals surface area contributed by atoms with E-state index in [4.69, 9.17) is 9.47 Å². The van der Waals surface area contributed by atoms with E-state index in [1.165, 1.54) is 12.8 Å². The Morgan fingerprint density at radius 2 is 2.06 bits per heavy atom. The summed E-state index contributed by atoms with van der Waals surface area (Å²) in [5, 5.41) is 0. The SMILES string of the molecule is C[C@H]1CC1CC1(OCC2(F)COC2)CCC1. The van der Waals surface area contributed by atoms with Gasteiger partial charge in [0.05, 0.1) is 25.4 Å². The second kappa shape index (κ2) is 3.67. The highest BCUT2D eigenvalue weighted by atomic mass is 19.1. The van der Waals surface area contributed by atoms with Crippen LogP contribution in [0.15, 0.2) is 0 Å². The predicted octanol–water partition coefficient (Wildman–Crippen LogP) is 2.71. The van der Waals surface area contributed by atoms with Crippen LogP contribution < -0.4 is 0 Å². The minimum Gasteiger partial charge on any atom is -0.374 e. The molecular weight excluding hydrogens is 207 g/mol. The molecule has 1 saturated heterocycles. The van der Waals surface area contributed by atoms with Crippen LogP contribution >= 0.6 is 0 Å². The molecule has 0 amide bonds. The summed E-state index contributed by atoms with van der Waals surface area (Å²) in [6.07, 6.45) is 6.01. The third-order valence-electron chi connectivity index (χ3n) is 4.53. The van der Waals surface area contributed by atoms with Crippen molar-refractivity contribution in [1.82, 2.24) is 0 Å². The van der Waals surface area contributed by atoms with Crippen LogP contribution in [0, 0.1) is 11.8 Å². The Bertz CT molecular complexity index is 271. The van der Waals surface area contributed by atoms with Gasteiger partial charge in [0.2, 0.25) is 0 Å². The quantitative estimate of drug-likeness (QED) is 0.720. The molecule has 16 heavy (non-hydrogen) atoms. The van der Waals surface area contributed by atoms with Gasteiger partial charge in [-0.3, -0.25) is 0 Å². The van der Waals surface area contributed by atoms with Gasteiger partial charge in [0.1, 0.15) is 0 Å². The van der Waals surface area contributed by atoms with Gasteiger partial charge < -0.3 is 9.47 Å². The fourth-order valence-corrected chi connectivity index (χ4v) is 2.83. The van der Waals surface area contributed by atoms with Crippen LogP contribution in [0.2, 0.25) is 0 Å². The highest BCUT2D eigenvalue weighted by Gasteiger charge is 2.48. The van der Waals surface area contributed by atoms with Crippen molar-refractivity contribution in [2.24, 2.45) is 11.8 Å². The second-order valence-corrected chi connectivity index (χ2v) is 6.15. The lowest BCUT2D eigenvalue weighted by Gasteiger charge is -2.45. The molecule has 0 aromatic carbocycles. The van der Waals surface area contributed by atoms with Crippen LogP contribution in [-0.4, -0.2) is 31.1 Å². The summed E-state index contributed by atoms with van der Waals surface area (Å²) >= 11 is 0. The smallest absolute Gasteiger partial charge is 0.180 e. The molecule has 2 atom stereocenters. The molecule has 0 radical (unpaired) electrons. The average molecular weight is 228 g/mol. The van der Waals surface area contributed by atoms with Crippen molar-refractivity contribution in [3.63, 3.8) is 0 Å². The summed E-state index contributed by atoms with van der Waals surface area (Å²) in [4.78, 5) is 0. The number of hydrogen-bond acceptors (Lipinski definition) is 2. The molecule has 92 valence electrons. The van der Waals surface area contributed by atoms with Crippen molar-refractivity contribution >= 4 is 0 Å². The summed E-state index contributed by atoms with van der Waals surface area (Å²) in [6.45, 7) is 2.99. The van der Waals surface area contributed by atoms with E-state index >= 15 is 0 Å². The first-order valence-electron chi connectivity index (χ1n) is 6.52. The van der Waals surface area contributed by atoms with Gasteiger partial charge in [-0.15, -0.1) is 0 Å². The molecule has 0 aromatic heterocycles. The number of halogens is 1. The zero-order chi connectivity index (χ0) is 11.2. The first-order valence-corrected chi connectivity index (χ1v) is 6.52. The molecule has 1 unspecified atom stereocenters. The molecule has 3 heteroatoms. The monoisotopic (exact) mass is 228 g/mol. The number of rotatable bonds is 5. The van der Waals surface area contributed by atoms with E-state index in [0.717, 1.165) is 31.1 Å². The Kier molecular flexibility index (Phi) is 2.52. The Morgan fingerprint density at radius 1 is 1.38 bits per heavy atom. The van der Waals surface area contributed by atoms with Gasteiger partial charge in [0.25, 0.3) is 0 Å². The second-order valence-electron chi connectivity index (χ2n) is 6.15. The molecule has 3 fully saturated rings. The van der Waals surface area contributed by atoms with Crippen LogP contribution in [0.1, 0.15) is 39.0 Å². The van der Waals surface area contributed by atoms with Crippen LogP contribution in [0.5, 0.6) is 0 Å². The fourth-order valence-electron chi connectivity index (χ4n) is 2.83. The zero-order valence-electron chi connectivity index (χ0n) is 10.0. The van der Waals surface area contributed by atoms with E-state index in [9.17, 15) is 4.39 Å². The van der Waals surface area contributed by atoms with Gasteiger partial charge >= 0.3 is 0 Å².